The van der Waals surface area contributed by atoms with Crippen LogP contribution in [-0.2, 0) is 12.2 Å². The number of anilines is 1. The van der Waals surface area contributed by atoms with E-state index in [1.54, 1.807) is 0 Å². The van der Waals surface area contributed by atoms with Crippen LogP contribution in [0.4, 0.5) is 5.82 Å². The number of hydrogen-bond donors (Lipinski definition) is 1. The van der Waals surface area contributed by atoms with Crippen LogP contribution in [0.1, 0.15) is 37.0 Å². The first-order valence-electron chi connectivity index (χ1n) is 6.19. The Hall–Kier alpha value is -2.14. The number of nitrogens with two attached hydrogens (primary N) is 1. The summed E-state index contributed by atoms with van der Waals surface area (Å²) < 4.78 is 5.14. The van der Waals surface area contributed by atoms with Gasteiger partial charge in [-0.05, 0) is 6.42 Å². The van der Waals surface area contributed by atoms with Crippen molar-refractivity contribution in [2.24, 2.45) is 0 Å². The molecule has 0 radical (unpaired) electrons. The van der Waals surface area contributed by atoms with Crippen molar-refractivity contribution in [2.45, 2.75) is 37.1 Å². The Bertz CT molecular complexity index is 621. The molecule has 104 valence electrons. The highest BCUT2D eigenvalue weighted by atomic mass is 32.2. The zero-order valence-corrected chi connectivity index (χ0v) is 11.9. The summed E-state index contributed by atoms with van der Waals surface area (Å²) in [6.45, 7) is 2.11. The summed E-state index contributed by atoms with van der Waals surface area (Å²) in [5, 5.41) is 13.1. The van der Waals surface area contributed by atoms with Gasteiger partial charge >= 0.3 is 0 Å². The minimum Gasteiger partial charge on any atom is -0.382 e. The van der Waals surface area contributed by atoms with Crippen molar-refractivity contribution in [3.05, 3.63) is 23.5 Å². The molecule has 0 aliphatic heterocycles. The Morgan fingerprint density at radius 2 is 2.30 bits per heavy atom. The van der Waals surface area contributed by atoms with Gasteiger partial charge in [-0.3, -0.25) is 0 Å². The lowest BCUT2D eigenvalue weighted by Gasteiger charge is -1.99. The third-order valence-corrected chi connectivity index (χ3v) is 3.35. The first kappa shape index (κ1) is 14.3. The van der Waals surface area contributed by atoms with Crippen LogP contribution in [0.15, 0.2) is 15.9 Å². The van der Waals surface area contributed by atoms with E-state index < -0.39 is 0 Å². The lowest BCUT2D eigenvalue weighted by atomic mass is 10.2. The zero-order chi connectivity index (χ0) is 14.4. The Morgan fingerprint density at radius 1 is 1.45 bits per heavy atom. The van der Waals surface area contributed by atoms with E-state index in [-0.39, 0.29) is 11.4 Å². The molecule has 2 heterocycles. The van der Waals surface area contributed by atoms with Crippen LogP contribution in [0, 0.1) is 11.3 Å². The summed E-state index contributed by atoms with van der Waals surface area (Å²) in [6, 6.07) is 1.92. The number of thioether (sulfide) groups is 1. The monoisotopic (exact) mass is 290 g/mol. The summed E-state index contributed by atoms with van der Waals surface area (Å²) in [6.07, 6.45) is 4.37. The molecule has 2 aromatic heterocycles. The summed E-state index contributed by atoms with van der Waals surface area (Å²) in [4.78, 5) is 12.4. The van der Waals surface area contributed by atoms with Gasteiger partial charge in [0.15, 0.2) is 11.0 Å². The molecule has 2 rings (SSSR count). The SMILES string of the molecule is CCCCc1noc(CSc2ncc(C#N)c(N)n2)n1. The highest BCUT2D eigenvalue weighted by Crippen LogP contribution is 2.20. The van der Waals surface area contributed by atoms with Crippen LogP contribution in [0.5, 0.6) is 0 Å². The van der Waals surface area contributed by atoms with E-state index >= 15 is 0 Å². The molecule has 2 N–H and O–H groups in total. The average molecular weight is 290 g/mol. The third kappa shape index (κ3) is 3.68. The number of nitriles is 1. The Labute approximate surface area is 120 Å². The maximum Gasteiger partial charge on any atom is 0.237 e. The third-order valence-electron chi connectivity index (χ3n) is 2.51. The molecule has 20 heavy (non-hydrogen) atoms. The van der Waals surface area contributed by atoms with Crippen molar-refractivity contribution in [3.63, 3.8) is 0 Å². The van der Waals surface area contributed by atoms with Crippen molar-refractivity contribution in [3.8, 4) is 6.07 Å². The normalized spacial score (nSPS) is 10.4. The zero-order valence-electron chi connectivity index (χ0n) is 11.0. The summed E-state index contributed by atoms with van der Waals surface area (Å²) in [7, 11) is 0. The van der Waals surface area contributed by atoms with Gasteiger partial charge < -0.3 is 10.3 Å². The lowest BCUT2D eigenvalue weighted by Crippen LogP contribution is -1.98. The summed E-state index contributed by atoms with van der Waals surface area (Å²) in [5.74, 6) is 1.92. The number of nitrogens with zero attached hydrogens (tertiary/aromatic N) is 5. The van der Waals surface area contributed by atoms with Crippen LogP contribution in [0.2, 0.25) is 0 Å². The second kappa shape index (κ2) is 6.86. The molecule has 0 aromatic carbocycles. The fourth-order valence-corrected chi connectivity index (χ4v) is 2.11. The van der Waals surface area contributed by atoms with E-state index in [4.69, 9.17) is 15.5 Å². The van der Waals surface area contributed by atoms with E-state index in [0.717, 1.165) is 25.1 Å². The van der Waals surface area contributed by atoms with Gasteiger partial charge in [-0.15, -0.1) is 0 Å². The molecule has 0 aliphatic rings. The number of unbranched alkanes of at least 4 members (excludes halogenated alkanes) is 1. The van der Waals surface area contributed by atoms with Crippen molar-refractivity contribution in [2.75, 3.05) is 5.73 Å². The van der Waals surface area contributed by atoms with Crippen LogP contribution in [0.3, 0.4) is 0 Å². The molecular weight excluding hydrogens is 276 g/mol. The van der Waals surface area contributed by atoms with Crippen molar-refractivity contribution in [1.29, 1.82) is 5.26 Å². The topological polar surface area (TPSA) is 115 Å². The molecular formula is C12H14N6OS. The van der Waals surface area contributed by atoms with Crippen molar-refractivity contribution >= 4 is 17.6 Å². The van der Waals surface area contributed by atoms with E-state index in [0.29, 0.717) is 16.8 Å². The Balaban J connectivity index is 1.93. The molecule has 0 amide bonds. The molecule has 0 fully saturated rings. The minimum absolute atomic E-state index is 0.180. The van der Waals surface area contributed by atoms with Gasteiger partial charge in [0.05, 0.1) is 11.9 Å². The van der Waals surface area contributed by atoms with Crippen LogP contribution in [-0.4, -0.2) is 20.1 Å². The van der Waals surface area contributed by atoms with Crippen LogP contribution >= 0.6 is 11.8 Å². The number of aromatic nitrogens is 4. The molecule has 0 saturated carbocycles. The predicted octanol–water partition coefficient (Wildman–Crippen LogP) is 1.95. The van der Waals surface area contributed by atoms with Crippen molar-refractivity contribution < 1.29 is 4.52 Å². The van der Waals surface area contributed by atoms with E-state index in [1.807, 2.05) is 6.07 Å². The lowest BCUT2D eigenvalue weighted by molar-refractivity contribution is 0.384. The van der Waals surface area contributed by atoms with Gasteiger partial charge in [0.25, 0.3) is 0 Å². The van der Waals surface area contributed by atoms with Gasteiger partial charge in [-0.25, -0.2) is 9.97 Å². The number of nitrogen functional groups attached to an aromatic ring is 1. The first-order chi connectivity index (χ1) is 9.72. The second-order valence-electron chi connectivity index (χ2n) is 4.06. The Kier molecular flexibility index (Phi) is 4.90. The number of hydrogen-bond acceptors (Lipinski definition) is 8. The molecule has 7 nitrogen and oxygen atoms in total. The molecule has 0 spiro atoms. The van der Waals surface area contributed by atoms with E-state index in [1.165, 1.54) is 18.0 Å². The maximum absolute atomic E-state index is 8.74. The smallest absolute Gasteiger partial charge is 0.237 e. The molecule has 0 unspecified atom stereocenters. The highest BCUT2D eigenvalue weighted by molar-refractivity contribution is 7.98. The number of aryl methyl sites for hydroxylation is 1. The molecule has 2 aromatic rings. The molecule has 0 bridgehead atoms. The average Bonchev–Trinajstić information content (AvgIpc) is 2.91. The summed E-state index contributed by atoms with van der Waals surface area (Å²) in [5.41, 5.74) is 5.89. The largest absolute Gasteiger partial charge is 0.382 e. The maximum atomic E-state index is 8.74. The van der Waals surface area contributed by atoms with Gasteiger partial charge in [0.1, 0.15) is 17.5 Å². The molecule has 0 atom stereocenters. The predicted molar refractivity (Wildman–Crippen MR) is 73.6 cm³/mol. The van der Waals surface area contributed by atoms with Gasteiger partial charge in [0, 0.05) is 6.42 Å². The molecule has 0 saturated heterocycles. The van der Waals surface area contributed by atoms with Crippen LogP contribution < -0.4 is 5.73 Å². The van der Waals surface area contributed by atoms with Gasteiger partial charge in [0.2, 0.25) is 5.89 Å². The summed E-state index contributed by atoms with van der Waals surface area (Å²) >= 11 is 1.34. The van der Waals surface area contributed by atoms with Gasteiger partial charge in [-0.2, -0.15) is 10.2 Å². The van der Waals surface area contributed by atoms with E-state index in [2.05, 4.69) is 27.0 Å². The molecule has 0 aliphatic carbocycles. The van der Waals surface area contributed by atoms with Crippen molar-refractivity contribution in [1.82, 2.24) is 20.1 Å². The minimum atomic E-state index is 0.180. The van der Waals surface area contributed by atoms with E-state index in [9.17, 15) is 0 Å². The first-order valence-corrected chi connectivity index (χ1v) is 7.18. The fourth-order valence-electron chi connectivity index (χ4n) is 1.45. The highest BCUT2D eigenvalue weighted by Gasteiger charge is 2.09. The van der Waals surface area contributed by atoms with Gasteiger partial charge in [-0.1, -0.05) is 30.3 Å². The quantitative estimate of drug-likeness (QED) is 0.634. The molecule has 8 heteroatoms. The fraction of sp³-hybridized carbons (Fsp3) is 0.417. The van der Waals surface area contributed by atoms with Crippen LogP contribution in [0.25, 0.3) is 0 Å². The Morgan fingerprint density at radius 3 is 3.00 bits per heavy atom. The standard InChI is InChI=1S/C12H14N6OS/c1-2-3-4-9-16-10(19-18-9)7-20-12-15-6-8(5-13)11(14)17-12/h6H,2-4,7H2,1H3,(H2,14,15,17). The second-order valence-corrected chi connectivity index (χ2v) is 5.00. The number of rotatable bonds is 6.